The van der Waals surface area contributed by atoms with Crippen LogP contribution in [0.5, 0.6) is 0 Å². The topological polar surface area (TPSA) is 80.0 Å². The summed E-state index contributed by atoms with van der Waals surface area (Å²) in [7, 11) is 0. The van der Waals surface area contributed by atoms with Gasteiger partial charge in [0.2, 0.25) is 0 Å². The molecule has 1 aromatic rings. The Morgan fingerprint density at radius 3 is 2.70 bits per heavy atom. The molecule has 110 valence electrons. The Bertz CT molecular complexity index is 522. The van der Waals surface area contributed by atoms with Gasteiger partial charge in [0.1, 0.15) is 5.76 Å². The molecule has 2 atom stereocenters. The highest BCUT2D eigenvalue weighted by Gasteiger charge is 2.34. The van der Waals surface area contributed by atoms with Gasteiger partial charge in [-0.1, -0.05) is 6.92 Å². The van der Waals surface area contributed by atoms with Gasteiger partial charge in [-0.3, -0.25) is 4.79 Å². The monoisotopic (exact) mass is 281 g/mol. The number of hydrogen-bond donors (Lipinski definition) is 1. The lowest BCUT2D eigenvalue weighted by Crippen LogP contribution is -2.51. The molecule has 1 N–H and O–H groups in total. The Balaban J connectivity index is 2.16. The van der Waals surface area contributed by atoms with E-state index in [1.54, 1.807) is 13.0 Å². The minimum Gasteiger partial charge on any atom is -0.479 e. The number of rotatable bonds is 3. The lowest BCUT2D eigenvalue weighted by Gasteiger charge is -2.34. The number of furan rings is 1. The van der Waals surface area contributed by atoms with Crippen molar-refractivity contribution in [3.8, 4) is 0 Å². The highest BCUT2D eigenvalue weighted by Crippen LogP contribution is 2.19. The first kappa shape index (κ1) is 14.6. The molecule has 2 heterocycles. The van der Waals surface area contributed by atoms with Gasteiger partial charge in [-0.15, -0.1) is 0 Å². The maximum Gasteiger partial charge on any atom is 0.334 e. The Kier molecular flexibility index (Phi) is 4.13. The fraction of sp³-hybridized carbons (Fsp3) is 0.571. The van der Waals surface area contributed by atoms with Crippen LogP contribution in [0.2, 0.25) is 0 Å². The summed E-state index contributed by atoms with van der Waals surface area (Å²) in [6.07, 6.45) is -0.573. The smallest absolute Gasteiger partial charge is 0.334 e. The number of ether oxygens (including phenoxy) is 1. The van der Waals surface area contributed by atoms with Crippen LogP contribution in [0.4, 0.5) is 0 Å². The third kappa shape index (κ3) is 2.85. The van der Waals surface area contributed by atoms with Gasteiger partial charge in [-0.05, 0) is 25.5 Å². The van der Waals surface area contributed by atoms with E-state index in [4.69, 9.17) is 14.3 Å². The summed E-state index contributed by atoms with van der Waals surface area (Å²) in [5.74, 6) is -0.296. The third-order valence-electron chi connectivity index (χ3n) is 3.38. The first-order valence-corrected chi connectivity index (χ1v) is 6.69. The first-order chi connectivity index (χ1) is 9.42. The zero-order valence-electron chi connectivity index (χ0n) is 11.9. The van der Waals surface area contributed by atoms with Gasteiger partial charge in [-0.2, -0.15) is 0 Å². The molecule has 1 fully saturated rings. The summed E-state index contributed by atoms with van der Waals surface area (Å²) in [4.78, 5) is 24.9. The molecular weight excluding hydrogens is 262 g/mol. The van der Waals surface area contributed by atoms with Crippen molar-refractivity contribution in [1.29, 1.82) is 0 Å². The number of morpholine rings is 1. The van der Waals surface area contributed by atoms with Crippen molar-refractivity contribution in [3.63, 3.8) is 0 Å². The second kappa shape index (κ2) is 5.66. The fourth-order valence-electron chi connectivity index (χ4n) is 2.39. The normalized spacial score (nSPS) is 22.9. The summed E-state index contributed by atoms with van der Waals surface area (Å²) in [6, 6.07) is 1.71. The summed E-state index contributed by atoms with van der Waals surface area (Å²) < 4.78 is 10.8. The minimum atomic E-state index is -1.06. The Morgan fingerprint density at radius 1 is 1.45 bits per heavy atom. The van der Waals surface area contributed by atoms with E-state index >= 15 is 0 Å². The van der Waals surface area contributed by atoms with E-state index in [2.05, 4.69) is 0 Å². The molecule has 1 aliphatic rings. The van der Waals surface area contributed by atoms with Gasteiger partial charge in [0.25, 0.3) is 5.91 Å². The number of amides is 1. The predicted octanol–water partition coefficient (Wildman–Crippen LogP) is 1.46. The third-order valence-corrected chi connectivity index (χ3v) is 3.38. The van der Waals surface area contributed by atoms with Crippen molar-refractivity contribution in [2.45, 2.75) is 39.4 Å². The Hall–Kier alpha value is -1.82. The molecule has 0 aromatic carbocycles. The molecule has 0 radical (unpaired) electrons. The Morgan fingerprint density at radius 2 is 2.15 bits per heavy atom. The number of aliphatic carboxylic acids is 1. The van der Waals surface area contributed by atoms with Crippen LogP contribution in [-0.4, -0.2) is 47.2 Å². The van der Waals surface area contributed by atoms with Gasteiger partial charge in [0, 0.05) is 13.0 Å². The van der Waals surface area contributed by atoms with Crippen LogP contribution in [0.25, 0.3) is 0 Å². The number of hydrogen-bond acceptors (Lipinski definition) is 4. The zero-order chi connectivity index (χ0) is 14.9. The number of carboxylic acid groups (broad SMARTS) is 1. The van der Waals surface area contributed by atoms with Crippen molar-refractivity contribution in [1.82, 2.24) is 4.90 Å². The largest absolute Gasteiger partial charge is 0.479 e. The summed E-state index contributed by atoms with van der Waals surface area (Å²) >= 11 is 0. The number of carbonyl (C=O) groups is 2. The lowest BCUT2D eigenvalue weighted by atomic mass is 10.2. The molecule has 1 aliphatic heterocycles. The molecule has 1 amide bonds. The summed E-state index contributed by atoms with van der Waals surface area (Å²) in [6.45, 7) is 6.00. The number of nitrogens with zero attached hydrogens (tertiary/aromatic N) is 1. The van der Waals surface area contributed by atoms with Gasteiger partial charge >= 0.3 is 5.97 Å². The molecule has 0 aliphatic carbocycles. The molecule has 1 aromatic heterocycles. The Labute approximate surface area is 117 Å². The van der Waals surface area contributed by atoms with Crippen LogP contribution >= 0.6 is 0 Å². The van der Waals surface area contributed by atoms with Crippen molar-refractivity contribution in [2.75, 3.05) is 13.1 Å². The van der Waals surface area contributed by atoms with Crippen LogP contribution in [0.15, 0.2) is 10.5 Å². The van der Waals surface area contributed by atoms with E-state index < -0.39 is 12.1 Å². The highest BCUT2D eigenvalue weighted by molar-refractivity contribution is 5.92. The summed E-state index contributed by atoms with van der Waals surface area (Å²) in [5, 5.41) is 9.03. The second-order valence-electron chi connectivity index (χ2n) is 5.05. The summed E-state index contributed by atoms with van der Waals surface area (Å²) in [5.41, 5.74) is 0.937. The number of carboxylic acids is 1. The zero-order valence-corrected chi connectivity index (χ0v) is 11.9. The van der Waals surface area contributed by atoms with E-state index in [1.165, 1.54) is 4.90 Å². The van der Waals surface area contributed by atoms with E-state index in [0.29, 0.717) is 6.54 Å². The van der Waals surface area contributed by atoms with Crippen LogP contribution in [-0.2, 0) is 16.0 Å². The lowest BCUT2D eigenvalue weighted by molar-refractivity contribution is -0.160. The molecule has 2 rings (SSSR count). The van der Waals surface area contributed by atoms with Crippen molar-refractivity contribution < 1.29 is 23.8 Å². The van der Waals surface area contributed by atoms with Crippen LogP contribution in [0.3, 0.4) is 0 Å². The predicted molar refractivity (Wildman–Crippen MR) is 70.7 cm³/mol. The molecule has 20 heavy (non-hydrogen) atoms. The second-order valence-corrected chi connectivity index (χ2v) is 5.05. The van der Waals surface area contributed by atoms with E-state index in [9.17, 15) is 9.59 Å². The molecule has 6 heteroatoms. The van der Waals surface area contributed by atoms with Crippen LogP contribution < -0.4 is 0 Å². The maximum atomic E-state index is 12.4. The van der Waals surface area contributed by atoms with Gasteiger partial charge in [0.05, 0.1) is 12.6 Å². The average Bonchev–Trinajstić information content (AvgIpc) is 2.78. The van der Waals surface area contributed by atoms with Crippen LogP contribution in [0, 0.1) is 6.92 Å². The first-order valence-electron chi connectivity index (χ1n) is 6.69. The molecule has 0 bridgehead atoms. The minimum absolute atomic E-state index is 0.0414. The van der Waals surface area contributed by atoms with Gasteiger partial charge < -0.3 is 19.2 Å². The molecule has 6 nitrogen and oxygen atoms in total. The molecule has 1 saturated heterocycles. The number of carbonyl (C=O) groups excluding carboxylic acids is 1. The van der Waals surface area contributed by atoms with Crippen LogP contribution in [0.1, 0.15) is 35.7 Å². The quantitative estimate of drug-likeness (QED) is 0.907. The highest BCUT2D eigenvalue weighted by atomic mass is 16.5. The van der Waals surface area contributed by atoms with Gasteiger partial charge in [0.15, 0.2) is 11.9 Å². The standard InChI is InChI=1S/C14H19NO5/c1-4-10-8(2)5-11(20-10)13(16)15-6-9(3)19-12(7-15)14(17)18/h5,9,12H,4,6-7H2,1-3H3,(H,17,18)/t9-,12?/m1/s1. The van der Waals surface area contributed by atoms with E-state index in [-0.39, 0.29) is 24.3 Å². The van der Waals surface area contributed by atoms with Crippen molar-refractivity contribution in [3.05, 3.63) is 23.2 Å². The van der Waals surface area contributed by atoms with E-state index in [1.807, 2.05) is 13.8 Å². The molecule has 0 spiro atoms. The fourth-order valence-corrected chi connectivity index (χ4v) is 2.39. The van der Waals surface area contributed by atoms with E-state index in [0.717, 1.165) is 17.7 Å². The molecular formula is C14H19NO5. The van der Waals surface area contributed by atoms with Crippen molar-refractivity contribution >= 4 is 11.9 Å². The molecule has 1 unspecified atom stereocenters. The SMILES string of the molecule is CCc1oc(C(=O)N2CC(C(=O)O)O[C@H](C)C2)cc1C. The number of aryl methyl sites for hydroxylation is 2. The van der Waals surface area contributed by atoms with Gasteiger partial charge in [-0.25, -0.2) is 4.79 Å². The molecule has 0 saturated carbocycles. The maximum absolute atomic E-state index is 12.4. The average molecular weight is 281 g/mol. The van der Waals surface area contributed by atoms with Crippen molar-refractivity contribution in [2.24, 2.45) is 0 Å².